The Morgan fingerprint density at radius 1 is 0.949 bits per heavy atom. The second kappa shape index (κ2) is 12.6. The molecule has 9 heteroatoms. The Bertz CT molecular complexity index is 1530. The topological polar surface area (TPSA) is 75.5 Å². The summed E-state index contributed by atoms with van der Waals surface area (Å²) in [6, 6.07) is 23.9. The third-order valence-corrected chi connectivity index (χ3v) is 8.31. The number of benzene rings is 3. The van der Waals surface area contributed by atoms with Crippen molar-refractivity contribution in [1.82, 2.24) is 19.4 Å². The van der Waals surface area contributed by atoms with Crippen LogP contribution in [0.3, 0.4) is 0 Å². The van der Waals surface area contributed by atoms with E-state index in [1.807, 2.05) is 80.5 Å². The van der Waals surface area contributed by atoms with Gasteiger partial charge in [0.05, 0.1) is 30.7 Å². The van der Waals surface area contributed by atoms with E-state index in [9.17, 15) is 13.2 Å². The average Bonchev–Trinajstić information content (AvgIpc) is 3.30. The predicted molar refractivity (Wildman–Crippen MR) is 155 cm³/mol. The Morgan fingerprint density at radius 3 is 2.36 bits per heavy atom. The van der Waals surface area contributed by atoms with Crippen molar-refractivity contribution < 1.29 is 13.2 Å². The van der Waals surface area contributed by atoms with Crippen molar-refractivity contribution in [3.8, 4) is 0 Å². The Morgan fingerprint density at radius 2 is 1.67 bits per heavy atom. The molecule has 4 aromatic rings. The number of nitrogens with zero attached hydrogens (tertiary/aromatic N) is 4. The van der Waals surface area contributed by atoms with Gasteiger partial charge in [0.25, 0.3) is 5.91 Å². The van der Waals surface area contributed by atoms with E-state index in [1.54, 1.807) is 39.9 Å². The lowest BCUT2D eigenvalue weighted by atomic mass is 10.1. The van der Waals surface area contributed by atoms with Gasteiger partial charge in [0.2, 0.25) is 15.0 Å². The number of likely N-dealkylation sites (N-methyl/N-ethyl adjacent to an activating group) is 1. The van der Waals surface area contributed by atoms with E-state index >= 15 is 0 Å². The molecule has 0 aliphatic heterocycles. The summed E-state index contributed by atoms with van der Waals surface area (Å²) < 4.78 is 29.1. The van der Waals surface area contributed by atoms with E-state index in [-0.39, 0.29) is 23.4 Å². The minimum atomic E-state index is -3.78. The van der Waals surface area contributed by atoms with Crippen LogP contribution in [0.25, 0.3) is 0 Å². The highest BCUT2D eigenvalue weighted by Gasteiger charge is 2.27. The average molecular weight is 565 g/mol. The van der Waals surface area contributed by atoms with Gasteiger partial charge in [-0.25, -0.2) is 13.4 Å². The first kappa shape index (κ1) is 28.5. The zero-order valence-corrected chi connectivity index (χ0v) is 24.0. The molecule has 1 heterocycles. The molecule has 0 aliphatic rings. The summed E-state index contributed by atoms with van der Waals surface area (Å²) >= 11 is 6.17. The van der Waals surface area contributed by atoms with Gasteiger partial charge in [0, 0.05) is 23.7 Å². The monoisotopic (exact) mass is 564 g/mol. The molecule has 3 aromatic carbocycles. The lowest BCUT2D eigenvalue weighted by Gasteiger charge is -2.25. The highest BCUT2D eigenvalue weighted by Crippen LogP contribution is 2.23. The summed E-state index contributed by atoms with van der Waals surface area (Å²) in [5.41, 5.74) is 3.69. The number of halogens is 1. The summed E-state index contributed by atoms with van der Waals surface area (Å²) in [5.74, 6) is -0.340. The zero-order chi connectivity index (χ0) is 28.0. The number of amides is 1. The maximum atomic E-state index is 13.7. The lowest BCUT2D eigenvalue weighted by molar-refractivity contribution is 0.0728. The highest BCUT2D eigenvalue weighted by atomic mass is 35.5. The number of sulfone groups is 1. The molecule has 39 heavy (non-hydrogen) atoms. The summed E-state index contributed by atoms with van der Waals surface area (Å²) in [7, 11) is 0.102. The van der Waals surface area contributed by atoms with Crippen molar-refractivity contribution in [2.75, 3.05) is 27.2 Å². The molecule has 0 atom stereocenters. The molecule has 0 saturated carbocycles. The molecule has 0 fully saturated rings. The number of aryl methyl sites for hydroxylation is 1. The van der Waals surface area contributed by atoms with E-state index in [0.29, 0.717) is 35.9 Å². The first-order valence-corrected chi connectivity index (χ1v) is 14.7. The molecule has 0 spiro atoms. The zero-order valence-electron chi connectivity index (χ0n) is 22.4. The number of aromatic nitrogens is 2. The van der Waals surface area contributed by atoms with Crippen molar-refractivity contribution in [3.63, 3.8) is 0 Å². The Balaban J connectivity index is 1.73. The number of imidazole rings is 1. The quantitative estimate of drug-likeness (QED) is 0.254. The number of carbonyl (C=O) groups is 1. The van der Waals surface area contributed by atoms with Gasteiger partial charge in [-0.15, -0.1) is 0 Å². The Labute approximate surface area is 235 Å². The van der Waals surface area contributed by atoms with Crippen molar-refractivity contribution in [2.24, 2.45) is 0 Å². The maximum Gasteiger partial charge on any atom is 0.254 e. The predicted octanol–water partition coefficient (Wildman–Crippen LogP) is 5.07. The standard InChI is InChI=1S/C30H33ClN4O3S/c1-23-10-7-8-13-26(23)22-39(37,38)30-32-19-28(35(30)20-24-11-5-4-6-12-24)21-34(17-16-33(2)3)29(36)25-14-9-15-27(31)18-25/h4-15,18-19H,16-17,20-22H2,1-3H3. The molecule has 0 N–H and O–H groups in total. The molecule has 0 aliphatic carbocycles. The van der Waals surface area contributed by atoms with Gasteiger partial charge >= 0.3 is 0 Å². The molecule has 204 valence electrons. The molecule has 4 rings (SSSR count). The fourth-order valence-corrected chi connectivity index (χ4v) is 6.10. The SMILES string of the molecule is Cc1ccccc1CS(=O)(=O)c1ncc(CN(CCN(C)C)C(=O)c2cccc(Cl)c2)n1Cc1ccccc1. The molecule has 0 bridgehead atoms. The summed E-state index contributed by atoms with van der Waals surface area (Å²) in [4.78, 5) is 21.7. The summed E-state index contributed by atoms with van der Waals surface area (Å²) in [6.45, 7) is 3.48. The van der Waals surface area contributed by atoms with Crippen LogP contribution in [0.5, 0.6) is 0 Å². The number of rotatable bonds is 11. The Hall–Kier alpha value is -3.46. The second-order valence-corrected chi connectivity index (χ2v) is 12.1. The van der Waals surface area contributed by atoms with Crippen LogP contribution in [0.2, 0.25) is 5.02 Å². The van der Waals surface area contributed by atoms with Crippen LogP contribution in [0.4, 0.5) is 0 Å². The molecule has 0 saturated heterocycles. The van der Waals surface area contributed by atoms with Crippen LogP contribution in [0, 0.1) is 6.92 Å². The van der Waals surface area contributed by atoms with E-state index in [1.165, 1.54) is 0 Å². The van der Waals surface area contributed by atoms with E-state index in [2.05, 4.69) is 4.98 Å². The molecule has 0 unspecified atom stereocenters. The van der Waals surface area contributed by atoms with Gasteiger partial charge in [-0.2, -0.15) is 0 Å². The molecule has 1 amide bonds. The van der Waals surface area contributed by atoms with Gasteiger partial charge in [0.1, 0.15) is 0 Å². The Kier molecular flexibility index (Phi) is 9.22. The van der Waals surface area contributed by atoms with Crippen molar-refractivity contribution in [1.29, 1.82) is 0 Å². The smallest absolute Gasteiger partial charge is 0.254 e. The van der Waals surface area contributed by atoms with Crippen molar-refractivity contribution in [3.05, 3.63) is 118 Å². The van der Waals surface area contributed by atoms with E-state index < -0.39 is 9.84 Å². The molecule has 7 nitrogen and oxygen atoms in total. The van der Waals surface area contributed by atoms with Crippen molar-refractivity contribution in [2.45, 2.75) is 30.9 Å². The summed E-state index contributed by atoms with van der Waals surface area (Å²) in [6.07, 6.45) is 1.57. The fraction of sp³-hybridized carbons (Fsp3) is 0.267. The van der Waals surface area contributed by atoms with Crippen LogP contribution in [0.1, 0.15) is 32.7 Å². The van der Waals surface area contributed by atoms with E-state index in [4.69, 9.17) is 11.6 Å². The normalized spacial score (nSPS) is 11.6. The second-order valence-electron chi connectivity index (χ2n) is 9.83. The fourth-order valence-electron chi connectivity index (χ4n) is 4.32. The third kappa shape index (κ3) is 7.35. The summed E-state index contributed by atoms with van der Waals surface area (Å²) in [5, 5.41) is 0.472. The van der Waals surface area contributed by atoms with Gasteiger partial charge < -0.3 is 14.4 Å². The number of hydrogen-bond acceptors (Lipinski definition) is 5. The van der Waals surface area contributed by atoms with Crippen LogP contribution in [-0.4, -0.2) is 60.9 Å². The van der Waals surface area contributed by atoms with Crippen LogP contribution < -0.4 is 0 Å². The first-order chi connectivity index (χ1) is 18.6. The van der Waals surface area contributed by atoms with Gasteiger partial charge in [-0.1, -0.05) is 72.3 Å². The van der Waals surface area contributed by atoms with Gasteiger partial charge in [-0.05, 0) is 55.9 Å². The number of carbonyl (C=O) groups excluding carboxylic acids is 1. The lowest BCUT2D eigenvalue weighted by Crippen LogP contribution is -2.37. The minimum Gasteiger partial charge on any atom is -0.331 e. The van der Waals surface area contributed by atoms with Crippen LogP contribution >= 0.6 is 11.6 Å². The maximum absolute atomic E-state index is 13.7. The highest BCUT2D eigenvalue weighted by molar-refractivity contribution is 7.90. The largest absolute Gasteiger partial charge is 0.331 e. The first-order valence-electron chi connectivity index (χ1n) is 12.7. The van der Waals surface area contributed by atoms with E-state index in [0.717, 1.165) is 16.7 Å². The third-order valence-electron chi connectivity index (χ3n) is 6.50. The molecule has 1 aromatic heterocycles. The minimum absolute atomic E-state index is 0.00706. The molecular weight excluding hydrogens is 532 g/mol. The number of hydrogen-bond donors (Lipinski definition) is 0. The van der Waals surface area contributed by atoms with Crippen molar-refractivity contribution >= 4 is 27.3 Å². The van der Waals surface area contributed by atoms with Gasteiger partial charge in [-0.3, -0.25) is 4.79 Å². The van der Waals surface area contributed by atoms with Crippen LogP contribution in [0.15, 0.2) is 90.2 Å². The van der Waals surface area contributed by atoms with Gasteiger partial charge in [0.15, 0.2) is 0 Å². The molecular formula is C30H33ClN4O3S. The van der Waals surface area contributed by atoms with Crippen LogP contribution in [-0.2, 0) is 28.7 Å². The molecule has 0 radical (unpaired) electrons.